The number of rotatable bonds is 1. The molecular formula is H12B6-4. The quantitative estimate of drug-likeness (QED) is 0.274. The van der Waals surface area contributed by atoms with Gasteiger partial charge in [0.1, 0.15) is 0 Å². The van der Waals surface area contributed by atoms with Crippen LogP contribution in [0, 0.1) is 0 Å². The zero-order valence-electron chi connectivity index (χ0n) is 1.15. The summed E-state index contributed by atoms with van der Waals surface area (Å²) < 4.78 is 0. The topological polar surface area (TPSA) is 0 Å². The Kier molecular flexibility index (Phi) is 2.71. The van der Waals surface area contributed by atoms with E-state index in [4.69, 9.17) is 0 Å². The summed E-state index contributed by atoms with van der Waals surface area (Å²) in [4.78, 5) is 0. The summed E-state index contributed by atoms with van der Waals surface area (Å²) in [6.07, 6.45) is 3.15. The SMILES string of the molecule is [BH3-]B([BH3-])B([BH3-])[BH3-]. The third-order valence-corrected chi connectivity index (χ3v) is 0. The molecule has 0 fully saturated rings. The molecule has 0 aliphatic carbocycles. The summed E-state index contributed by atoms with van der Waals surface area (Å²) in [7, 11) is 3.52. The highest BCUT2D eigenvalue weighted by Crippen LogP contribution is 1.62. The van der Waals surface area contributed by atoms with Crippen molar-refractivity contribution in [3.05, 3.63) is 0 Å². The van der Waals surface area contributed by atoms with Crippen molar-refractivity contribution < 1.29 is 0 Å². The maximum atomic E-state index is 1.57. The minimum absolute atomic E-state index is 0.880. The molecule has 0 aromatic heterocycles. The fraction of sp³-hybridized carbons (Fsp3) is 0. The van der Waals surface area contributed by atoms with Crippen LogP contribution in [0.25, 0.3) is 0 Å². The van der Waals surface area contributed by atoms with Crippen LogP contribution >= 0.6 is 0 Å². The monoisotopic (exact) mass is 78.2 g/mol. The predicted octanol–water partition coefficient (Wildman–Crippen LogP) is -5.50. The van der Waals surface area contributed by atoms with Crippen LogP contribution in [0.2, 0.25) is 0 Å². The first-order valence-electron chi connectivity index (χ1n) is 0.333. The number of hydrogen-bond donors (Lipinski definition) is 0. The molecule has 0 saturated heterocycles. The highest BCUT2D eigenvalue weighted by atomic mass is 12.8. The van der Waals surface area contributed by atoms with Crippen LogP contribution in [0.1, 0.15) is 0 Å². The van der Waals surface area contributed by atoms with E-state index in [1.54, 1.807) is 12.8 Å². The van der Waals surface area contributed by atoms with Gasteiger partial charge in [-0.25, -0.2) is 0 Å². The van der Waals surface area contributed by atoms with Crippen LogP contribution in [0.15, 0.2) is 0 Å². The first-order valence-corrected chi connectivity index (χ1v) is 0.333. The van der Waals surface area contributed by atoms with Gasteiger partial charge in [-0.1, -0.05) is 0 Å². The summed E-state index contributed by atoms with van der Waals surface area (Å²) in [6, 6.07) is 0. The third kappa shape index (κ3) is 2.62. The maximum absolute atomic E-state index is 1.57. The fourth-order valence-electron chi connectivity index (χ4n) is 0. The average Bonchev–Trinajstić information content (AvgIpc) is 1.36. The molecule has 34 valence electrons. The number of hydrogen-bond acceptors (Lipinski definition) is 0. The van der Waals surface area contributed by atoms with Crippen LogP contribution in [0.5, 0.6) is 0 Å². The summed E-state index contributed by atoms with van der Waals surface area (Å²) in [5, 5.41) is 0. The molecule has 0 bridgehead atoms. The van der Waals surface area contributed by atoms with Crippen molar-refractivity contribution in [2.75, 3.05) is 0 Å². The lowest BCUT2D eigenvalue weighted by atomic mass is 8.81. The zero-order valence-corrected chi connectivity index (χ0v) is 1.15. The van der Waals surface area contributed by atoms with Crippen molar-refractivity contribution in [1.82, 2.24) is 0 Å². The molecule has 0 atom stereocenters. The molecule has 0 unspecified atom stereocenters. The molecule has 0 nitrogen and oxygen atoms in total. The molecule has 0 aliphatic rings. The Hall–Kier alpha value is 0.390. The molecule has 0 radical (unpaired) electrons. The largest absolute Gasteiger partial charge is 0.321 e. The van der Waals surface area contributed by atoms with E-state index >= 15 is 0 Å². The molecular weight excluding hydrogens is 64.9 g/mol. The summed E-state index contributed by atoms with van der Waals surface area (Å²) in [6.45, 7) is 0. The van der Waals surface area contributed by atoms with E-state index in [0.29, 0.717) is 0 Å². The van der Waals surface area contributed by atoms with E-state index in [1.165, 1.54) is 0 Å². The normalized spacial score (nSPS) is 8.00. The summed E-state index contributed by atoms with van der Waals surface area (Å²) in [5.41, 5.74) is 0. The van der Waals surface area contributed by atoms with Crippen LogP contribution in [0.4, 0.5) is 0 Å². The Morgan fingerprint density at radius 1 is 0.667 bits per heavy atom. The lowest BCUT2D eigenvalue weighted by molar-refractivity contribution is 3.76. The average molecular weight is 77.0 g/mol. The van der Waals surface area contributed by atoms with E-state index in [0.717, 1.165) is 30.9 Å². The fourth-order valence-corrected chi connectivity index (χ4v) is 0. The Bertz CT molecular complexity index is 21.0. The summed E-state index contributed by atoms with van der Waals surface area (Å²) in [5.74, 6) is 0. The van der Waals surface area contributed by atoms with Crippen molar-refractivity contribution in [3.8, 4) is 0 Å². The Morgan fingerprint density at radius 2 is 0.833 bits per heavy atom. The first-order chi connectivity index (χ1) is 2.64. The highest BCUT2D eigenvalue weighted by molar-refractivity contribution is 7.76. The van der Waals surface area contributed by atoms with Crippen molar-refractivity contribution >= 4 is 43.7 Å². The smallest absolute Gasteiger partial charge is 0.113 e. The van der Waals surface area contributed by atoms with Gasteiger partial charge in [-0.15, -0.1) is 30.9 Å². The molecule has 0 saturated carbocycles. The van der Waals surface area contributed by atoms with Gasteiger partial charge in [0, 0.05) is 0 Å². The molecule has 0 aromatic carbocycles. The lowest BCUT2D eigenvalue weighted by Crippen LogP contribution is -2.38. The molecule has 0 heterocycles. The van der Waals surface area contributed by atoms with E-state index in [2.05, 4.69) is 0 Å². The van der Waals surface area contributed by atoms with Gasteiger partial charge >= 0.3 is 0 Å². The van der Waals surface area contributed by atoms with E-state index in [1.807, 2.05) is 0 Å². The van der Waals surface area contributed by atoms with Gasteiger partial charge in [-0.2, -0.15) is 0 Å². The van der Waals surface area contributed by atoms with Crippen molar-refractivity contribution in [1.29, 1.82) is 0 Å². The van der Waals surface area contributed by atoms with Crippen LogP contribution in [-0.2, 0) is 0 Å². The van der Waals surface area contributed by atoms with E-state index in [9.17, 15) is 0 Å². The Balaban J connectivity index is 2.99. The van der Waals surface area contributed by atoms with E-state index in [-0.39, 0.29) is 0 Å². The van der Waals surface area contributed by atoms with Gasteiger partial charge in [0.25, 0.3) is 0 Å². The third-order valence-electron chi connectivity index (χ3n) is 0. The highest BCUT2D eigenvalue weighted by Gasteiger charge is 1.75. The maximum Gasteiger partial charge on any atom is -0.113 e. The van der Waals surface area contributed by atoms with Crippen LogP contribution in [-0.4, -0.2) is 43.7 Å². The van der Waals surface area contributed by atoms with Gasteiger partial charge in [0.2, 0.25) is 0 Å². The second-order valence-corrected chi connectivity index (χ2v) is 0. The molecule has 0 aromatic rings. The second kappa shape index (κ2) is 2.54. The molecule has 0 spiro atoms. The molecule has 0 amide bonds. The lowest BCUT2D eigenvalue weighted by Gasteiger charge is -2.25. The second-order valence-electron chi connectivity index (χ2n) is 0. The molecule has 0 rings (SSSR count). The van der Waals surface area contributed by atoms with Gasteiger partial charge in [-0.05, 0) is 0 Å². The van der Waals surface area contributed by atoms with Gasteiger partial charge in [0.05, 0.1) is 0 Å². The first kappa shape index (κ1) is 6.39. The minimum atomic E-state index is 0.880. The van der Waals surface area contributed by atoms with Crippen molar-refractivity contribution in [2.45, 2.75) is 0 Å². The Morgan fingerprint density at radius 3 is 0.833 bits per heavy atom. The van der Waals surface area contributed by atoms with Crippen molar-refractivity contribution in [3.63, 3.8) is 0 Å². The van der Waals surface area contributed by atoms with Crippen LogP contribution < -0.4 is 0 Å². The Labute approximate surface area is 44.5 Å². The summed E-state index contributed by atoms with van der Waals surface area (Å²) >= 11 is 0. The minimum Gasteiger partial charge on any atom is -0.321 e. The molecule has 6 heavy (non-hydrogen) atoms. The van der Waals surface area contributed by atoms with Gasteiger partial charge < -0.3 is 12.8 Å². The zero-order chi connectivity index (χ0) is 5.15. The molecule has 6 heteroatoms. The van der Waals surface area contributed by atoms with Crippen LogP contribution in [0.3, 0.4) is 0 Å². The van der Waals surface area contributed by atoms with Gasteiger partial charge in [0.15, 0.2) is 0 Å². The van der Waals surface area contributed by atoms with E-state index < -0.39 is 0 Å². The van der Waals surface area contributed by atoms with Gasteiger partial charge in [-0.3, -0.25) is 0 Å². The molecule has 0 aliphatic heterocycles. The molecule has 0 N–H and O–H groups in total. The standard InChI is InChI=1S/B6H12/c1-5(2)6(3)4/h1-4H3/q-4. The van der Waals surface area contributed by atoms with Crippen molar-refractivity contribution in [2.24, 2.45) is 0 Å². The predicted molar refractivity (Wildman–Crippen MR) is 51.3 cm³/mol.